The number of hydrogen-bond donors (Lipinski definition) is 1. The molecular weight excluding hydrogens is 196 g/mol. The Morgan fingerprint density at radius 3 is 1.88 bits per heavy atom. The van der Waals surface area contributed by atoms with Gasteiger partial charge in [0.1, 0.15) is 0 Å². The fourth-order valence-electron chi connectivity index (χ4n) is 2.12. The summed E-state index contributed by atoms with van der Waals surface area (Å²) in [5.41, 5.74) is 6.09. The summed E-state index contributed by atoms with van der Waals surface area (Å²) in [5, 5.41) is 0. The number of rotatable bonds is 9. The van der Waals surface area contributed by atoms with Crippen LogP contribution >= 0.6 is 0 Å². The minimum atomic E-state index is 0.353. The van der Waals surface area contributed by atoms with Crippen molar-refractivity contribution < 1.29 is 0 Å². The highest BCUT2D eigenvalue weighted by Crippen LogP contribution is 2.13. The van der Waals surface area contributed by atoms with Crippen LogP contribution in [0, 0.1) is 5.92 Å². The zero-order chi connectivity index (χ0) is 12.6. The molecule has 0 spiro atoms. The summed E-state index contributed by atoms with van der Waals surface area (Å²) in [7, 11) is 2.25. The van der Waals surface area contributed by atoms with Crippen molar-refractivity contribution in [2.45, 2.75) is 71.9 Å². The van der Waals surface area contributed by atoms with Crippen molar-refractivity contribution in [2.75, 3.05) is 13.6 Å². The number of nitrogens with two attached hydrogens (primary N) is 1. The Labute approximate surface area is 103 Å². The zero-order valence-electron chi connectivity index (χ0n) is 12.0. The molecule has 0 amide bonds. The van der Waals surface area contributed by atoms with Gasteiger partial charge in [-0.25, -0.2) is 0 Å². The summed E-state index contributed by atoms with van der Waals surface area (Å²) >= 11 is 0. The van der Waals surface area contributed by atoms with Gasteiger partial charge >= 0.3 is 0 Å². The number of nitrogens with zero attached hydrogens (tertiary/aromatic N) is 1. The second-order valence-corrected chi connectivity index (χ2v) is 5.41. The van der Waals surface area contributed by atoms with Crippen LogP contribution in [0.15, 0.2) is 0 Å². The van der Waals surface area contributed by atoms with E-state index in [2.05, 4.69) is 39.6 Å². The molecule has 0 aromatic carbocycles. The minimum Gasteiger partial charge on any atom is -0.327 e. The van der Waals surface area contributed by atoms with E-state index in [0.29, 0.717) is 12.0 Å². The van der Waals surface area contributed by atoms with Gasteiger partial charge in [-0.3, -0.25) is 0 Å². The molecule has 0 rings (SSSR count). The van der Waals surface area contributed by atoms with E-state index in [0.717, 1.165) is 19.0 Å². The van der Waals surface area contributed by atoms with E-state index in [4.69, 9.17) is 5.73 Å². The lowest BCUT2D eigenvalue weighted by Gasteiger charge is -2.29. The monoisotopic (exact) mass is 228 g/mol. The van der Waals surface area contributed by atoms with Crippen molar-refractivity contribution in [1.29, 1.82) is 0 Å². The second kappa shape index (κ2) is 9.00. The van der Waals surface area contributed by atoms with E-state index in [1.807, 2.05) is 0 Å². The van der Waals surface area contributed by atoms with Gasteiger partial charge in [0.15, 0.2) is 0 Å². The van der Waals surface area contributed by atoms with E-state index < -0.39 is 0 Å². The fraction of sp³-hybridized carbons (Fsp3) is 1.00. The molecule has 0 fully saturated rings. The topological polar surface area (TPSA) is 29.3 Å². The van der Waals surface area contributed by atoms with E-state index in [1.165, 1.54) is 25.7 Å². The summed E-state index contributed by atoms with van der Waals surface area (Å²) in [6.07, 6.45) is 6.33. The first-order chi connectivity index (χ1) is 7.52. The van der Waals surface area contributed by atoms with Crippen LogP contribution in [0.4, 0.5) is 0 Å². The SMILES string of the molecule is CCCC(CCC)N(C)CCC(N)C(C)C. The molecule has 0 aromatic rings. The summed E-state index contributed by atoms with van der Waals surface area (Å²) < 4.78 is 0. The van der Waals surface area contributed by atoms with E-state index in [9.17, 15) is 0 Å². The highest BCUT2D eigenvalue weighted by atomic mass is 15.1. The third-order valence-corrected chi connectivity index (χ3v) is 3.54. The molecular formula is C14H32N2. The van der Waals surface area contributed by atoms with Crippen LogP contribution in [0.3, 0.4) is 0 Å². The van der Waals surface area contributed by atoms with Crippen LogP contribution in [0.25, 0.3) is 0 Å². The van der Waals surface area contributed by atoms with Crippen molar-refractivity contribution in [3.05, 3.63) is 0 Å². The van der Waals surface area contributed by atoms with Crippen molar-refractivity contribution >= 4 is 0 Å². The Hall–Kier alpha value is -0.0800. The predicted molar refractivity (Wildman–Crippen MR) is 73.7 cm³/mol. The van der Waals surface area contributed by atoms with Crippen LogP contribution in [0.2, 0.25) is 0 Å². The van der Waals surface area contributed by atoms with Crippen LogP contribution in [-0.4, -0.2) is 30.6 Å². The first-order valence-electron chi connectivity index (χ1n) is 6.98. The molecule has 0 bridgehead atoms. The highest BCUT2D eigenvalue weighted by Gasteiger charge is 2.14. The van der Waals surface area contributed by atoms with Gasteiger partial charge in [-0.2, -0.15) is 0 Å². The average Bonchev–Trinajstić information content (AvgIpc) is 2.24. The van der Waals surface area contributed by atoms with Crippen LogP contribution < -0.4 is 5.73 Å². The molecule has 0 aliphatic rings. The fourth-order valence-corrected chi connectivity index (χ4v) is 2.12. The molecule has 0 aliphatic heterocycles. The molecule has 0 heterocycles. The van der Waals surface area contributed by atoms with E-state index >= 15 is 0 Å². The second-order valence-electron chi connectivity index (χ2n) is 5.41. The maximum Gasteiger partial charge on any atom is 0.00920 e. The number of hydrogen-bond acceptors (Lipinski definition) is 2. The maximum absolute atomic E-state index is 6.09. The molecule has 2 nitrogen and oxygen atoms in total. The Balaban J connectivity index is 3.94. The Bertz CT molecular complexity index is 151. The Morgan fingerprint density at radius 1 is 1.00 bits per heavy atom. The molecule has 0 saturated carbocycles. The quantitative estimate of drug-likeness (QED) is 0.656. The van der Waals surface area contributed by atoms with Crippen LogP contribution in [0.1, 0.15) is 59.8 Å². The summed E-state index contributed by atoms with van der Waals surface area (Å²) in [6.45, 7) is 10.1. The molecule has 0 aliphatic carbocycles. The smallest absolute Gasteiger partial charge is 0.00920 e. The van der Waals surface area contributed by atoms with Crippen molar-refractivity contribution in [2.24, 2.45) is 11.7 Å². The summed E-state index contributed by atoms with van der Waals surface area (Å²) in [5.74, 6) is 0.601. The Morgan fingerprint density at radius 2 is 1.50 bits per heavy atom. The molecule has 98 valence electrons. The minimum absolute atomic E-state index is 0.353. The van der Waals surface area contributed by atoms with Gasteiger partial charge in [0, 0.05) is 12.1 Å². The molecule has 1 unspecified atom stereocenters. The lowest BCUT2D eigenvalue weighted by Crippen LogP contribution is -2.37. The van der Waals surface area contributed by atoms with Gasteiger partial charge in [0.25, 0.3) is 0 Å². The summed E-state index contributed by atoms with van der Waals surface area (Å²) in [6, 6.07) is 1.11. The van der Waals surface area contributed by atoms with Gasteiger partial charge in [0.2, 0.25) is 0 Å². The van der Waals surface area contributed by atoms with Gasteiger partial charge in [-0.05, 0) is 38.8 Å². The molecule has 2 heteroatoms. The van der Waals surface area contributed by atoms with E-state index in [1.54, 1.807) is 0 Å². The summed E-state index contributed by atoms with van der Waals surface area (Å²) in [4.78, 5) is 2.51. The van der Waals surface area contributed by atoms with Crippen molar-refractivity contribution in [3.63, 3.8) is 0 Å². The molecule has 0 saturated heterocycles. The van der Waals surface area contributed by atoms with Crippen molar-refractivity contribution in [3.8, 4) is 0 Å². The highest BCUT2D eigenvalue weighted by molar-refractivity contribution is 4.72. The van der Waals surface area contributed by atoms with Crippen molar-refractivity contribution in [1.82, 2.24) is 4.90 Å². The molecule has 2 N–H and O–H groups in total. The molecule has 1 atom stereocenters. The lowest BCUT2D eigenvalue weighted by atomic mass is 10.0. The predicted octanol–water partition coefficient (Wildman–Crippen LogP) is 3.26. The molecule has 16 heavy (non-hydrogen) atoms. The standard InChI is InChI=1S/C14H32N2/c1-6-8-13(9-7-2)16(5)11-10-14(15)12(3)4/h12-14H,6-11,15H2,1-5H3. The van der Waals surface area contributed by atoms with Crippen LogP contribution in [-0.2, 0) is 0 Å². The maximum atomic E-state index is 6.09. The first kappa shape index (κ1) is 15.9. The van der Waals surface area contributed by atoms with Gasteiger partial charge in [-0.15, -0.1) is 0 Å². The van der Waals surface area contributed by atoms with E-state index in [-0.39, 0.29) is 0 Å². The largest absolute Gasteiger partial charge is 0.327 e. The third kappa shape index (κ3) is 6.49. The Kier molecular flexibility index (Phi) is 8.96. The molecule has 0 aromatic heterocycles. The van der Waals surface area contributed by atoms with Gasteiger partial charge in [-0.1, -0.05) is 40.5 Å². The van der Waals surface area contributed by atoms with Gasteiger partial charge < -0.3 is 10.6 Å². The normalized spacial score (nSPS) is 14.1. The third-order valence-electron chi connectivity index (χ3n) is 3.54. The average molecular weight is 228 g/mol. The molecule has 0 radical (unpaired) electrons. The van der Waals surface area contributed by atoms with Gasteiger partial charge in [0.05, 0.1) is 0 Å². The zero-order valence-corrected chi connectivity index (χ0v) is 12.0. The first-order valence-corrected chi connectivity index (χ1v) is 6.98. The van der Waals surface area contributed by atoms with Crippen LogP contribution in [0.5, 0.6) is 0 Å². The lowest BCUT2D eigenvalue weighted by molar-refractivity contribution is 0.204.